The lowest BCUT2D eigenvalue weighted by molar-refractivity contribution is 0.225. The van der Waals surface area contributed by atoms with Crippen molar-refractivity contribution in [2.24, 2.45) is 0 Å². The number of fused-ring (bicyclic) bond motifs is 1. The van der Waals surface area contributed by atoms with Crippen LogP contribution in [0.5, 0.6) is 5.75 Å². The molecule has 0 radical (unpaired) electrons. The molecule has 0 aliphatic carbocycles. The third-order valence-corrected chi connectivity index (χ3v) is 5.38. The molecular formula is C17H28N3O4P. The van der Waals surface area contributed by atoms with E-state index in [1.807, 2.05) is 44.1 Å². The van der Waals surface area contributed by atoms with Gasteiger partial charge in [-0.3, -0.25) is 4.57 Å². The maximum Gasteiger partial charge on any atom is 0.328 e. The fourth-order valence-electron chi connectivity index (χ4n) is 2.60. The van der Waals surface area contributed by atoms with Gasteiger partial charge in [-0.05, 0) is 46.5 Å². The normalized spacial score (nSPS) is 14.2. The molecular weight excluding hydrogens is 341 g/mol. The van der Waals surface area contributed by atoms with Gasteiger partial charge in [0.15, 0.2) is 0 Å². The number of aryl methyl sites for hydroxylation is 2. The smallest absolute Gasteiger partial charge is 0.328 e. The molecule has 1 aromatic heterocycles. The van der Waals surface area contributed by atoms with Crippen LogP contribution in [-0.2, 0) is 15.6 Å². The number of aromatic nitrogens is 2. The highest BCUT2D eigenvalue weighted by Gasteiger charge is 2.18. The molecule has 2 rings (SSSR count). The van der Waals surface area contributed by atoms with Crippen LogP contribution in [0, 0.1) is 6.92 Å². The van der Waals surface area contributed by atoms with Crippen molar-refractivity contribution in [1.29, 1.82) is 0 Å². The van der Waals surface area contributed by atoms with Crippen LogP contribution < -0.4 is 4.74 Å². The van der Waals surface area contributed by atoms with E-state index in [0.29, 0.717) is 19.6 Å². The number of likely N-dealkylation sites (N-methyl/N-ethyl adjacent to an activating group) is 1. The molecule has 0 amide bonds. The molecule has 0 aliphatic rings. The Morgan fingerprint density at radius 1 is 1.32 bits per heavy atom. The highest BCUT2D eigenvalue weighted by Crippen LogP contribution is 2.42. The molecule has 0 fully saturated rings. The predicted molar refractivity (Wildman–Crippen MR) is 99.5 cm³/mol. The van der Waals surface area contributed by atoms with E-state index in [1.54, 1.807) is 0 Å². The molecule has 8 heteroatoms. The minimum Gasteiger partial charge on any atom is -0.493 e. The van der Waals surface area contributed by atoms with Crippen LogP contribution in [0.4, 0.5) is 0 Å². The average Bonchev–Trinajstić information content (AvgIpc) is 2.85. The Morgan fingerprint density at radius 3 is 2.76 bits per heavy atom. The monoisotopic (exact) mass is 369 g/mol. The average molecular weight is 369 g/mol. The summed E-state index contributed by atoms with van der Waals surface area (Å²) < 4.78 is 24.9. The van der Waals surface area contributed by atoms with Crippen LogP contribution in [0.1, 0.15) is 19.2 Å². The first-order valence-corrected chi connectivity index (χ1v) is 10.3. The van der Waals surface area contributed by atoms with Gasteiger partial charge in [-0.2, -0.15) is 0 Å². The summed E-state index contributed by atoms with van der Waals surface area (Å²) in [5.74, 6) is 1.72. The molecule has 1 N–H and O–H groups in total. The number of imidazole rings is 1. The highest BCUT2D eigenvalue weighted by molar-refractivity contribution is 7.52. The maximum absolute atomic E-state index is 11.9. The van der Waals surface area contributed by atoms with Crippen LogP contribution in [0.3, 0.4) is 0 Å². The van der Waals surface area contributed by atoms with Crippen molar-refractivity contribution in [1.82, 2.24) is 14.5 Å². The Balaban J connectivity index is 1.83. The minimum absolute atomic E-state index is 0.0919. The number of hydrogen-bond donors (Lipinski definition) is 1. The van der Waals surface area contributed by atoms with E-state index in [4.69, 9.17) is 9.26 Å². The lowest BCUT2D eigenvalue weighted by atomic mass is 10.3. The lowest BCUT2D eigenvalue weighted by Crippen LogP contribution is -2.17. The Kier molecular flexibility index (Phi) is 7.02. The minimum atomic E-state index is -3.54. The third-order valence-electron chi connectivity index (χ3n) is 3.91. The molecule has 7 nitrogen and oxygen atoms in total. The van der Waals surface area contributed by atoms with Gasteiger partial charge in [-0.15, -0.1) is 0 Å². The zero-order chi connectivity index (χ0) is 18.4. The quantitative estimate of drug-likeness (QED) is 0.513. The fraction of sp³-hybridized carbons (Fsp3) is 0.588. The summed E-state index contributed by atoms with van der Waals surface area (Å²) in [4.78, 5) is 16.2. The summed E-state index contributed by atoms with van der Waals surface area (Å²) in [5, 5.41) is 0. The van der Waals surface area contributed by atoms with Crippen molar-refractivity contribution in [3.05, 3.63) is 24.0 Å². The van der Waals surface area contributed by atoms with Gasteiger partial charge in [-0.1, -0.05) is 0 Å². The van der Waals surface area contributed by atoms with Crippen LogP contribution in [-0.4, -0.2) is 59.4 Å². The maximum atomic E-state index is 11.9. The molecule has 25 heavy (non-hydrogen) atoms. The van der Waals surface area contributed by atoms with Gasteiger partial charge < -0.3 is 23.6 Å². The van der Waals surface area contributed by atoms with Crippen molar-refractivity contribution in [3.8, 4) is 5.75 Å². The number of hydrogen-bond acceptors (Lipinski definition) is 5. The van der Waals surface area contributed by atoms with Gasteiger partial charge in [0, 0.05) is 19.2 Å². The molecule has 0 spiro atoms. The van der Waals surface area contributed by atoms with E-state index in [0.717, 1.165) is 29.2 Å². The molecule has 2 aromatic rings. The first-order valence-electron chi connectivity index (χ1n) is 8.53. The van der Waals surface area contributed by atoms with Crippen molar-refractivity contribution in [2.75, 3.05) is 40.0 Å². The summed E-state index contributed by atoms with van der Waals surface area (Å²) in [7, 11) is 0.243. The lowest BCUT2D eigenvalue weighted by Gasteiger charge is -2.14. The second-order valence-electron chi connectivity index (χ2n) is 6.25. The molecule has 0 saturated carbocycles. The first-order chi connectivity index (χ1) is 11.8. The molecule has 140 valence electrons. The van der Waals surface area contributed by atoms with Crippen molar-refractivity contribution in [3.63, 3.8) is 0 Å². The number of ether oxygens (including phenoxy) is 1. The predicted octanol–water partition coefficient (Wildman–Crippen LogP) is 2.90. The second-order valence-corrected chi connectivity index (χ2v) is 8.23. The van der Waals surface area contributed by atoms with E-state index >= 15 is 0 Å². The number of rotatable bonds is 10. The molecule has 0 aliphatic heterocycles. The van der Waals surface area contributed by atoms with Crippen LogP contribution >= 0.6 is 7.60 Å². The topological polar surface area (TPSA) is 76.8 Å². The zero-order valence-corrected chi connectivity index (χ0v) is 16.3. The Labute approximate surface area is 149 Å². The van der Waals surface area contributed by atoms with E-state index in [2.05, 4.69) is 16.5 Å². The Morgan fingerprint density at radius 2 is 2.08 bits per heavy atom. The standard InChI is InChI=1S/C17H28N3O4P/c1-5-20-14(2)18-16-8-7-15(13-17(16)20)23-10-6-12-25(21,22)24-11-9-19(3)4/h7-8,13H,5-6,9-12H2,1-4H3,(H,21,22). The summed E-state index contributed by atoms with van der Waals surface area (Å²) in [6, 6.07) is 5.77. The van der Waals surface area contributed by atoms with Crippen LogP contribution in [0.25, 0.3) is 11.0 Å². The van der Waals surface area contributed by atoms with E-state index in [-0.39, 0.29) is 12.8 Å². The number of benzene rings is 1. The van der Waals surface area contributed by atoms with E-state index in [1.165, 1.54) is 0 Å². The SMILES string of the molecule is CCn1c(C)nc2ccc(OCCCP(=O)(O)OCCN(C)C)cc21. The summed E-state index contributed by atoms with van der Waals surface area (Å²) in [6.07, 6.45) is 0.550. The van der Waals surface area contributed by atoms with Gasteiger partial charge in [0.05, 0.1) is 30.4 Å². The van der Waals surface area contributed by atoms with E-state index < -0.39 is 7.60 Å². The van der Waals surface area contributed by atoms with Crippen LogP contribution in [0.2, 0.25) is 0 Å². The first kappa shape index (κ1) is 19.9. The summed E-state index contributed by atoms with van der Waals surface area (Å²) in [6.45, 7) is 6.15. The zero-order valence-electron chi connectivity index (χ0n) is 15.4. The fourth-order valence-corrected chi connectivity index (χ4v) is 3.62. The molecule has 1 atom stereocenters. The van der Waals surface area contributed by atoms with Crippen molar-refractivity contribution < 1.29 is 18.7 Å². The molecule has 0 saturated heterocycles. The van der Waals surface area contributed by atoms with Gasteiger partial charge >= 0.3 is 7.60 Å². The Hall–Kier alpha value is -1.40. The van der Waals surface area contributed by atoms with Crippen LogP contribution in [0.15, 0.2) is 18.2 Å². The second kappa shape index (κ2) is 8.81. The third kappa shape index (κ3) is 5.82. The molecule has 1 heterocycles. The summed E-state index contributed by atoms with van der Waals surface area (Å²) in [5.41, 5.74) is 1.98. The van der Waals surface area contributed by atoms with Crippen molar-refractivity contribution >= 4 is 18.6 Å². The van der Waals surface area contributed by atoms with Gasteiger partial charge in [0.25, 0.3) is 0 Å². The Bertz CT molecular complexity index is 745. The molecule has 0 bridgehead atoms. The van der Waals surface area contributed by atoms with E-state index in [9.17, 15) is 9.46 Å². The number of nitrogens with zero attached hydrogens (tertiary/aromatic N) is 3. The largest absolute Gasteiger partial charge is 0.493 e. The van der Waals surface area contributed by atoms with Crippen molar-refractivity contribution in [2.45, 2.75) is 26.8 Å². The van der Waals surface area contributed by atoms with Gasteiger partial charge in [0.2, 0.25) is 0 Å². The highest BCUT2D eigenvalue weighted by atomic mass is 31.2. The summed E-state index contributed by atoms with van der Waals surface area (Å²) >= 11 is 0. The van der Waals surface area contributed by atoms with Gasteiger partial charge in [0.1, 0.15) is 11.6 Å². The molecule has 1 aromatic carbocycles. The van der Waals surface area contributed by atoms with Gasteiger partial charge in [-0.25, -0.2) is 4.98 Å². The molecule has 1 unspecified atom stereocenters.